The number of hydrogen-bond acceptors (Lipinski definition) is 7. The minimum Gasteiger partial charge on any atom is -0.391 e. The van der Waals surface area contributed by atoms with Gasteiger partial charge < -0.3 is 34.9 Å². The van der Waals surface area contributed by atoms with Crippen LogP contribution in [0, 0.1) is 0 Å². The molecule has 1 fully saturated rings. The van der Waals surface area contributed by atoms with Crippen molar-refractivity contribution >= 4 is 7.82 Å². The van der Waals surface area contributed by atoms with Crippen molar-refractivity contribution in [3.8, 4) is 0 Å². The number of aliphatic hydroxyl groups is 4. The van der Waals surface area contributed by atoms with Crippen LogP contribution in [0.5, 0.6) is 0 Å². The van der Waals surface area contributed by atoms with Crippen molar-refractivity contribution in [1.82, 2.24) is 0 Å². The molecular weight excluding hydrogens is 247 g/mol. The van der Waals surface area contributed by atoms with E-state index in [-0.39, 0.29) is 0 Å². The molecule has 1 saturated heterocycles. The lowest BCUT2D eigenvalue weighted by atomic mass is 10.1. The van der Waals surface area contributed by atoms with Gasteiger partial charge in [0, 0.05) is 0 Å². The van der Waals surface area contributed by atoms with Crippen LogP contribution < -0.4 is 0 Å². The summed E-state index contributed by atoms with van der Waals surface area (Å²) in [4.78, 5) is 16.8. The molecule has 0 unspecified atom stereocenters. The maximum absolute atomic E-state index is 10.4. The summed E-state index contributed by atoms with van der Waals surface area (Å²) in [6.07, 6.45) is -4.76. The Morgan fingerprint density at radius 2 is 1.94 bits per heavy atom. The van der Waals surface area contributed by atoms with E-state index in [9.17, 15) is 19.9 Å². The molecule has 0 aromatic heterocycles. The molecule has 0 spiro atoms. The van der Waals surface area contributed by atoms with Gasteiger partial charge in [0.25, 0.3) is 0 Å². The topological polar surface area (TPSA) is 157 Å². The van der Waals surface area contributed by atoms with Gasteiger partial charge in [-0.15, -0.1) is 0 Å². The Kier molecular flexibility index (Phi) is 4.06. The van der Waals surface area contributed by atoms with Crippen molar-refractivity contribution in [2.24, 2.45) is 0 Å². The first-order valence-electron chi connectivity index (χ1n) is 4.27. The van der Waals surface area contributed by atoms with Gasteiger partial charge in [-0.1, -0.05) is 0 Å². The fraction of sp³-hybridized carbons (Fsp3) is 1.00. The Balaban J connectivity index is 2.61. The van der Waals surface area contributed by atoms with E-state index >= 15 is 0 Å². The van der Waals surface area contributed by atoms with E-state index in [0.717, 1.165) is 0 Å². The smallest absolute Gasteiger partial charge is 0.391 e. The highest BCUT2D eigenvalue weighted by Gasteiger charge is 2.53. The van der Waals surface area contributed by atoms with Gasteiger partial charge in [-0.05, 0) is 0 Å². The lowest BCUT2D eigenvalue weighted by Gasteiger charge is -2.22. The molecule has 0 aromatic rings. The zero-order valence-electron chi connectivity index (χ0n) is 8.00. The van der Waals surface area contributed by atoms with E-state index in [1.807, 2.05) is 0 Å². The van der Waals surface area contributed by atoms with Gasteiger partial charge in [-0.2, -0.15) is 0 Å². The van der Waals surface area contributed by atoms with Crippen LogP contribution in [0.15, 0.2) is 0 Å². The molecular formula is C6H13O9P. The molecule has 0 amide bonds. The summed E-state index contributed by atoms with van der Waals surface area (Å²) >= 11 is 0. The van der Waals surface area contributed by atoms with Crippen LogP contribution in [0.4, 0.5) is 0 Å². The molecule has 0 aromatic carbocycles. The molecule has 16 heavy (non-hydrogen) atoms. The number of rotatable bonds is 4. The lowest BCUT2D eigenvalue weighted by Crippen LogP contribution is -2.46. The largest absolute Gasteiger partial charge is 0.469 e. The quantitative estimate of drug-likeness (QED) is 0.288. The van der Waals surface area contributed by atoms with Gasteiger partial charge in [0.05, 0.1) is 13.2 Å². The summed E-state index contributed by atoms with van der Waals surface area (Å²) in [6, 6.07) is 0. The summed E-state index contributed by atoms with van der Waals surface area (Å²) in [5.41, 5.74) is 0. The molecule has 6 N–H and O–H groups in total. The minimum atomic E-state index is -4.73. The Morgan fingerprint density at radius 3 is 2.31 bits per heavy atom. The average Bonchev–Trinajstić information content (AvgIpc) is 2.40. The van der Waals surface area contributed by atoms with Gasteiger partial charge in [-0.25, -0.2) is 4.57 Å². The van der Waals surface area contributed by atoms with Gasteiger partial charge >= 0.3 is 7.82 Å². The Labute approximate surface area is 90.1 Å². The Bertz CT molecular complexity index is 290. The van der Waals surface area contributed by atoms with E-state index < -0.39 is 45.1 Å². The van der Waals surface area contributed by atoms with Crippen LogP contribution in [-0.2, 0) is 13.8 Å². The maximum Gasteiger partial charge on any atom is 0.469 e. The highest BCUT2D eigenvalue weighted by molar-refractivity contribution is 7.46. The second-order valence-corrected chi connectivity index (χ2v) is 4.62. The van der Waals surface area contributed by atoms with Crippen LogP contribution in [0.25, 0.3) is 0 Å². The van der Waals surface area contributed by atoms with Crippen LogP contribution in [-0.4, -0.2) is 67.5 Å². The zero-order valence-corrected chi connectivity index (χ0v) is 8.90. The first-order chi connectivity index (χ1) is 7.19. The highest BCUT2D eigenvalue weighted by atomic mass is 31.2. The number of aliphatic hydroxyl groups excluding tert-OH is 3. The second kappa shape index (κ2) is 4.65. The monoisotopic (exact) mass is 260 g/mol. The molecule has 1 heterocycles. The summed E-state index contributed by atoms with van der Waals surface area (Å²) in [7, 11) is -4.73. The minimum absolute atomic E-state index is 0.731. The molecule has 0 radical (unpaired) electrons. The van der Waals surface area contributed by atoms with Crippen molar-refractivity contribution in [3.63, 3.8) is 0 Å². The van der Waals surface area contributed by atoms with Crippen molar-refractivity contribution < 1.29 is 44.0 Å². The predicted molar refractivity (Wildman–Crippen MR) is 46.9 cm³/mol. The molecule has 0 bridgehead atoms. The van der Waals surface area contributed by atoms with E-state index in [1.54, 1.807) is 0 Å². The maximum atomic E-state index is 10.4. The first kappa shape index (κ1) is 14.0. The van der Waals surface area contributed by atoms with Crippen molar-refractivity contribution in [2.75, 3.05) is 13.2 Å². The van der Waals surface area contributed by atoms with Crippen LogP contribution in [0.1, 0.15) is 0 Å². The fourth-order valence-electron chi connectivity index (χ4n) is 1.31. The van der Waals surface area contributed by atoms with Crippen molar-refractivity contribution in [3.05, 3.63) is 0 Å². The van der Waals surface area contributed by atoms with E-state index in [1.165, 1.54) is 0 Å². The van der Waals surface area contributed by atoms with E-state index in [2.05, 4.69) is 9.26 Å². The number of hydrogen-bond donors (Lipinski definition) is 6. The lowest BCUT2D eigenvalue weighted by molar-refractivity contribution is -0.247. The van der Waals surface area contributed by atoms with E-state index in [0.29, 0.717) is 0 Å². The molecule has 96 valence electrons. The Morgan fingerprint density at radius 1 is 1.38 bits per heavy atom. The predicted octanol–water partition coefficient (Wildman–Crippen LogP) is -3.10. The van der Waals surface area contributed by atoms with Gasteiger partial charge in [0.15, 0.2) is 0 Å². The first-order valence-corrected chi connectivity index (χ1v) is 5.80. The van der Waals surface area contributed by atoms with E-state index in [4.69, 9.17) is 14.9 Å². The van der Waals surface area contributed by atoms with Crippen molar-refractivity contribution in [1.29, 1.82) is 0 Å². The highest BCUT2D eigenvalue weighted by Crippen LogP contribution is 2.38. The number of phosphoric acid groups is 1. The molecule has 1 aliphatic heterocycles. The van der Waals surface area contributed by atoms with Gasteiger partial charge in [0.2, 0.25) is 5.79 Å². The SMILES string of the molecule is O=P(O)(O)OC[C@H]1O[C@](O)(CO)[C@@H](O)[C@H]1O. The normalized spacial score (nSPS) is 40.2. The summed E-state index contributed by atoms with van der Waals surface area (Å²) < 4.78 is 19.1. The van der Waals surface area contributed by atoms with Gasteiger partial charge in [0.1, 0.15) is 18.3 Å². The third-order valence-electron chi connectivity index (χ3n) is 2.16. The molecule has 9 nitrogen and oxygen atoms in total. The molecule has 1 aliphatic rings. The standard InChI is InChI=1S/C6H13O9P/c7-2-6(10)5(9)4(8)3(15-6)1-14-16(11,12)13/h3-5,7-10H,1-2H2,(H2,11,12,13)/t3-,4+,5+,6-/m1/s1. The van der Waals surface area contributed by atoms with Crippen LogP contribution >= 0.6 is 7.82 Å². The third kappa shape index (κ3) is 2.98. The van der Waals surface area contributed by atoms with Gasteiger partial charge in [-0.3, -0.25) is 4.52 Å². The summed E-state index contributed by atoms with van der Waals surface area (Å²) in [6.45, 7) is -1.71. The van der Waals surface area contributed by atoms with Crippen molar-refractivity contribution in [2.45, 2.75) is 24.1 Å². The molecule has 0 aliphatic carbocycles. The average molecular weight is 260 g/mol. The number of ether oxygens (including phenoxy) is 1. The second-order valence-electron chi connectivity index (χ2n) is 3.38. The zero-order chi connectivity index (χ0) is 12.6. The molecule has 0 saturated carbocycles. The van der Waals surface area contributed by atoms with Crippen LogP contribution in [0.3, 0.4) is 0 Å². The molecule has 1 rings (SSSR count). The third-order valence-corrected chi connectivity index (χ3v) is 2.64. The fourth-order valence-corrected chi connectivity index (χ4v) is 1.65. The summed E-state index contributed by atoms with van der Waals surface area (Å²) in [5.74, 6) is -2.36. The Hall–Kier alpha value is -0.0900. The molecule has 4 atom stereocenters. The number of phosphoric ester groups is 1. The summed E-state index contributed by atoms with van der Waals surface area (Å²) in [5, 5.41) is 36.7. The van der Waals surface area contributed by atoms with Crippen LogP contribution in [0.2, 0.25) is 0 Å². The molecule has 10 heteroatoms.